The van der Waals surface area contributed by atoms with E-state index in [0.717, 1.165) is 4.31 Å². The van der Waals surface area contributed by atoms with Crippen LogP contribution in [-0.2, 0) is 14.8 Å². The summed E-state index contributed by atoms with van der Waals surface area (Å²) in [5, 5.41) is 2.43. The zero-order chi connectivity index (χ0) is 22.6. The summed E-state index contributed by atoms with van der Waals surface area (Å²) in [7, 11) is -2.80. The number of hydrogen-bond donors (Lipinski definition) is 1. The number of rotatable bonds is 7. The number of aryl methyl sites for hydroxylation is 1. The largest absolute Gasteiger partial charge is 0.495 e. The van der Waals surface area contributed by atoms with Gasteiger partial charge in [0, 0.05) is 4.47 Å². The lowest BCUT2D eigenvalue weighted by Gasteiger charge is -2.25. The molecule has 0 saturated heterocycles. The van der Waals surface area contributed by atoms with Gasteiger partial charge in [-0.3, -0.25) is 9.10 Å². The molecule has 3 aromatic carbocycles. The van der Waals surface area contributed by atoms with Gasteiger partial charge in [0.1, 0.15) is 23.0 Å². The number of amides is 1. The minimum Gasteiger partial charge on any atom is -0.495 e. The molecule has 0 aliphatic rings. The Morgan fingerprint density at radius 3 is 2.45 bits per heavy atom. The molecule has 0 unspecified atom stereocenters. The second kappa shape index (κ2) is 9.49. The summed E-state index contributed by atoms with van der Waals surface area (Å²) >= 11 is 3.15. The van der Waals surface area contributed by atoms with Crippen molar-refractivity contribution in [3.05, 3.63) is 82.6 Å². The van der Waals surface area contributed by atoms with Gasteiger partial charge in [-0.15, -0.1) is 0 Å². The molecule has 3 rings (SSSR count). The fraction of sp³-hybridized carbons (Fsp3) is 0.136. The summed E-state index contributed by atoms with van der Waals surface area (Å²) < 4.78 is 47.9. The Bertz CT molecular complexity index is 1200. The van der Waals surface area contributed by atoms with Gasteiger partial charge >= 0.3 is 0 Å². The van der Waals surface area contributed by atoms with E-state index in [2.05, 4.69) is 21.2 Å². The van der Waals surface area contributed by atoms with Crippen LogP contribution in [0.15, 0.2) is 76.1 Å². The van der Waals surface area contributed by atoms with E-state index in [1.807, 2.05) is 0 Å². The molecule has 0 atom stereocenters. The molecule has 0 fully saturated rings. The van der Waals surface area contributed by atoms with Crippen molar-refractivity contribution in [3.63, 3.8) is 0 Å². The van der Waals surface area contributed by atoms with E-state index in [1.54, 1.807) is 55.5 Å². The molecule has 0 radical (unpaired) electrons. The average Bonchev–Trinajstić information content (AvgIpc) is 2.74. The smallest absolute Gasteiger partial charge is 0.268 e. The molecular weight excluding hydrogens is 487 g/mol. The number of halogens is 2. The first kappa shape index (κ1) is 22.8. The maximum absolute atomic E-state index is 14.1. The summed E-state index contributed by atoms with van der Waals surface area (Å²) in [4.78, 5) is 12.6. The molecule has 1 amide bonds. The van der Waals surface area contributed by atoms with E-state index in [-0.39, 0.29) is 22.0 Å². The summed E-state index contributed by atoms with van der Waals surface area (Å²) in [6.45, 7) is 1.20. The van der Waals surface area contributed by atoms with Crippen molar-refractivity contribution in [2.75, 3.05) is 23.3 Å². The second-order valence-electron chi connectivity index (χ2n) is 6.67. The first-order valence-electron chi connectivity index (χ1n) is 9.19. The molecule has 6 nitrogen and oxygen atoms in total. The zero-order valence-electron chi connectivity index (χ0n) is 16.8. The molecule has 0 spiro atoms. The molecule has 0 aliphatic heterocycles. The van der Waals surface area contributed by atoms with Crippen LogP contribution in [0.3, 0.4) is 0 Å². The van der Waals surface area contributed by atoms with Crippen molar-refractivity contribution in [1.82, 2.24) is 0 Å². The molecule has 9 heteroatoms. The third kappa shape index (κ3) is 5.23. The molecule has 0 aromatic heterocycles. The minimum atomic E-state index is -4.18. The quantitative estimate of drug-likeness (QED) is 0.502. The van der Waals surface area contributed by atoms with E-state index < -0.39 is 28.3 Å². The highest BCUT2D eigenvalue weighted by molar-refractivity contribution is 9.10. The van der Waals surface area contributed by atoms with E-state index in [0.29, 0.717) is 10.0 Å². The highest BCUT2D eigenvalue weighted by Gasteiger charge is 2.30. The van der Waals surface area contributed by atoms with Gasteiger partial charge < -0.3 is 10.1 Å². The van der Waals surface area contributed by atoms with Crippen LogP contribution in [0.25, 0.3) is 0 Å². The normalized spacial score (nSPS) is 11.1. The Kier molecular flexibility index (Phi) is 6.97. The number of sulfonamides is 1. The topological polar surface area (TPSA) is 75.7 Å². The number of carbonyl (C=O) groups is 1. The molecular formula is C22H20BrFN2O4S. The number of nitrogens with zero attached hydrogens (tertiary/aromatic N) is 1. The summed E-state index contributed by atoms with van der Waals surface area (Å²) in [5.74, 6) is -1.18. The van der Waals surface area contributed by atoms with Crippen LogP contribution >= 0.6 is 15.9 Å². The third-order valence-electron chi connectivity index (χ3n) is 4.42. The fourth-order valence-corrected chi connectivity index (χ4v) is 4.92. The monoisotopic (exact) mass is 506 g/mol. The summed E-state index contributed by atoms with van der Waals surface area (Å²) in [6.07, 6.45) is 0. The first-order chi connectivity index (χ1) is 14.7. The van der Waals surface area contributed by atoms with Crippen LogP contribution in [0.5, 0.6) is 5.75 Å². The lowest BCUT2D eigenvalue weighted by atomic mass is 10.2. The number of hydrogen-bond acceptors (Lipinski definition) is 4. The Morgan fingerprint density at radius 1 is 1.10 bits per heavy atom. The van der Waals surface area contributed by atoms with Crippen LogP contribution in [0.2, 0.25) is 0 Å². The van der Waals surface area contributed by atoms with Crippen LogP contribution < -0.4 is 14.4 Å². The van der Waals surface area contributed by atoms with Gasteiger partial charge in [0.05, 0.1) is 18.5 Å². The highest BCUT2D eigenvalue weighted by atomic mass is 79.9. The fourth-order valence-electron chi connectivity index (χ4n) is 2.92. The number of para-hydroxylation sites is 1. The third-order valence-corrected chi connectivity index (χ3v) is 6.71. The molecule has 0 bridgehead atoms. The van der Waals surface area contributed by atoms with Crippen LogP contribution in [0.1, 0.15) is 5.56 Å². The van der Waals surface area contributed by atoms with E-state index in [9.17, 15) is 17.6 Å². The molecule has 3 aromatic rings. The van der Waals surface area contributed by atoms with Crippen molar-refractivity contribution in [1.29, 1.82) is 0 Å². The van der Waals surface area contributed by atoms with Crippen LogP contribution in [0.4, 0.5) is 15.8 Å². The molecule has 1 N–H and O–H groups in total. The van der Waals surface area contributed by atoms with Gasteiger partial charge in [-0.1, -0.05) is 40.2 Å². The number of ether oxygens (including phenoxy) is 1. The molecule has 0 saturated carbocycles. The van der Waals surface area contributed by atoms with E-state index in [1.165, 1.54) is 25.3 Å². The number of carbonyl (C=O) groups excluding carboxylic acids is 1. The standard InChI is InChI=1S/C22H20BrFN2O4S/c1-15-8-11-20(30-2)21(12-15)31(28,29)26(17-6-4-3-5-7-17)14-22(27)25-19-10-9-16(23)13-18(19)24/h3-13H,14H2,1-2H3,(H,25,27). The van der Waals surface area contributed by atoms with E-state index in [4.69, 9.17) is 4.74 Å². The average molecular weight is 507 g/mol. The molecule has 0 heterocycles. The molecule has 0 aliphatic carbocycles. The Balaban J connectivity index is 1.99. The lowest BCUT2D eigenvalue weighted by molar-refractivity contribution is -0.114. The predicted octanol–water partition coefficient (Wildman–Crippen LogP) is 4.74. The maximum Gasteiger partial charge on any atom is 0.268 e. The lowest BCUT2D eigenvalue weighted by Crippen LogP contribution is -2.38. The Labute approximate surface area is 188 Å². The number of nitrogens with one attached hydrogen (secondary N) is 1. The van der Waals surface area contributed by atoms with Gasteiger partial charge in [-0.05, 0) is 55.0 Å². The predicted molar refractivity (Wildman–Crippen MR) is 121 cm³/mol. The SMILES string of the molecule is COc1ccc(C)cc1S(=O)(=O)N(CC(=O)Nc1ccc(Br)cc1F)c1ccccc1. The molecule has 162 valence electrons. The van der Waals surface area contributed by atoms with Gasteiger partial charge in [-0.25, -0.2) is 12.8 Å². The number of benzene rings is 3. The Hall–Kier alpha value is -2.91. The number of methoxy groups -OCH3 is 1. The van der Waals surface area contributed by atoms with Crippen molar-refractivity contribution in [2.24, 2.45) is 0 Å². The van der Waals surface area contributed by atoms with Gasteiger partial charge in [0.2, 0.25) is 5.91 Å². The van der Waals surface area contributed by atoms with Gasteiger partial charge in [0.25, 0.3) is 10.0 Å². The Morgan fingerprint density at radius 2 is 1.81 bits per heavy atom. The van der Waals surface area contributed by atoms with Crippen molar-refractivity contribution < 1.29 is 22.3 Å². The minimum absolute atomic E-state index is 0.0493. The zero-order valence-corrected chi connectivity index (χ0v) is 19.2. The highest BCUT2D eigenvalue weighted by Crippen LogP contribution is 2.31. The summed E-state index contributed by atoms with van der Waals surface area (Å²) in [5.41, 5.74) is 0.956. The van der Waals surface area contributed by atoms with Crippen molar-refractivity contribution in [2.45, 2.75) is 11.8 Å². The van der Waals surface area contributed by atoms with Gasteiger partial charge in [-0.2, -0.15) is 0 Å². The van der Waals surface area contributed by atoms with Crippen molar-refractivity contribution in [3.8, 4) is 5.75 Å². The van der Waals surface area contributed by atoms with Crippen LogP contribution in [-0.4, -0.2) is 28.0 Å². The first-order valence-corrected chi connectivity index (χ1v) is 11.4. The number of anilines is 2. The molecule has 31 heavy (non-hydrogen) atoms. The second-order valence-corrected chi connectivity index (χ2v) is 9.42. The van der Waals surface area contributed by atoms with Crippen LogP contribution in [0, 0.1) is 12.7 Å². The van der Waals surface area contributed by atoms with E-state index >= 15 is 0 Å². The summed E-state index contributed by atoms with van der Waals surface area (Å²) in [6, 6.07) is 17.2. The maximum atomic E-state index is 14.1. The van der Waals surface area contributed by atoms with Crippen molar-refractivity contribution >= 4 is 43.2 Å². The van der Waals surface area contributed by atoms with Gasteiger partial charge in [0.15, 0.2) is 0 Å².